The van der Waals surface area contributed by atoms with Gasteiger partial charge in [0.05, 0.1) is 0 Å². The molecule has 0 amide bonds. The molecule has 0 bridgehead atoms. The van der Waals surface area contributed by atoms with Gasteiger partial charge in [-0.15, -0.1) is 0 Å². The summed E-state index contributed by atoms with van der Waals surface area (Å²) < 4.78 is 16.9. The van der Waals surface area contributed by atoms with Crippen molar-refractivity contribution in [2.75, 3.05) is 13.2 Å². The van der Waals surface area contributed by atoms with E-state index >= 15 is 0 Å². The van der Waals surface area contributed by atoms with E-state index in [4.69, 9.17) is 14.2 Å². The quantitative estimate of drug-likeness (QED) is 0.0261. The highest BCUT2D eigenvalue weighted by Gasteiger charge is 2.19. The lowest BCUT2D eigenvalue weighted by atomic mass is 10.0. The molecule has 0 spiro atoms. The predicted octanol–water partition coefficient (Wildman–Crippen LogP) is 21.6. The van der Waals surface area contributed by atoms with E-state index in [1.54, 1.807) is 0 Å². The molecule has 0 saturated carbocycles. The van der Waals surface area contributed by atoms with Crippen molar-refractivity contribution in [2.45, 2.75) is 335 Å². The molecule has 0 unspecified atom stereocenters. The van der Waals surface area contributed by atoms with Crippen molar-refractivity contribution >= 4 is 17.9 Å². The van der Waals surface area contributed by atoms with E-state index in [-0.39, 0.29) is 31.1 Å². The maximum Gasteiger partial charge on any atom is 0.306 e. The van der Waals surface area contributed by atoms with E-state index in [0.29, 0.717) is 19.3 Å². The van der Waals surface area contributed by atoms with E-state index in [1.165, 1.54) is 205 Å². The Balaban J connectivity index is 4.38. The third-order valence-electron chi connectivity index (χ3n) is 14.0. The van der Waals surface area contributed by atoms with Crippen LogP contribution < -0.4 is 0 Å². The molecule has 1 atom stereocenters. The van der Waals surface area contributed by atoms with Crippen LogP contribution in [0.2, 0.25) is 0 Å². The lowest BCUT2D eigenvalue weighted by Crippen LogP contribution is -2.30. The summed E-state index contributed by atoms with van der Waals surface area (Å²) in [6.45, 7) is 6.62. The first-order valence-corrected chi connectivity index (χ1v) is 31.8. The molecule has 0 N–H and O–H groups in total. The highest BCUT2D eigenvalue weighted by atomic mass is 16.6. The van der Waals surface area contributed by atoms with Gasteiger partial charge in [-0.2, -0.15) is 0 Å². The number of rotatable bonds is 58. The van der Waals surface area contributed by atoms with Crippen LogP contribution in [0.5, 0.6) is 0 Å². The first kappa shape index (κ1) is 70.1. The highest BCUT2D eigenvalue weighted by molar-refractivity contribution is 5.71. The van der Waals surface area contributed by atoms with Gasteiger partial charge in [-0.1, -0.05) is 281 Å². The summed E-state index contributed by atoms with van der Waals surface area (Å²) in [5, 5.41) is 0. The summed E-state index contributed by atoms with van der Waals surface area (Å²) in [5.41, 5.74) is 0. The van der Waals surface area contributed by atoms with Gasteiger partial charge in [0.1, 0.15) is 13.2 Å². The molecule has 0 fully saturated rings. The Labute approximate surface area is 453 Å². The fraction of sp³-hybridized carbons (Fsp3) is 0.806. The molecule has 424 valence electrons. The average molecular weight is 1020 g/mol. The Morgan fingerprint density at radius 1 is 0.274 bits per heavy atom. The zero-order valence-electron chi connectivity index (χ0n) is 48.7. The van der Waals surface area contributed by atoms with Gasteiger partial charge in [-0.25, -0.2) is 0 Å². The Morgan fingerprint density at radius 3 is 0.836 bits per heavy atom. The normalized spacial score (nSPS) is 12.4. The van der Waals surface area contributed by atoms with Gasteiger partial charge in [-0.05, 0) is 89.9 Å². The molecule has 0 rings (SSSR count). The second-order valence-electron chi connectivity index (χ2n) is 21.3. The third kappa shape index (κ3) is 59.9. The van der Waals surface area contributed by atoms with Crippen LogP contribution in [0, 0.1) is 0 Å². The van der Waals surface area contributed by atoms with Crippen molar-refractivity contribution in [3.05, 3.63) is 60.8 Å². The molecule has 0 aliphatic heterocycles. The van der Waals surface area contributed by atoms with E-state index in [0.717, 1.165) is 83.5 Å². The van der Waals surface area contributed by atoms with Gasteiger partial charge >= 0.3 is 17.9 Å². The van der Waals surface area contributed by atoms with Crippen LogP contribution in [0.25, 0.3) is 0 Å². The maximum absolute atomic E-state index is 12.9. The van der Waals surface area contributed by atoms with Crippen molar-refractivity contribution < 1.29 is 28.6 Å². The van der Waals surface area contributed by atoms with Gasteiger partial charge < -0.3 is 14.2 Å². The zero-order valence-corrected chi connectivity index (χ0v) is 48.7. The minimum absolute atomic E-state index is 0.0854. The molecule has 0 aliphatic rings. The second-order valence-corrected chi connectivity index (χ2v) is 21.3. The molecule has 73 heavy (non-hydrogen) atoms. The summed E-state index contributed by atoms with van der Waals surface area (Å²) in [7, 11) is 0. The minimum atomic E-state index is -0.792. The molecule has 0 heterocycles. The third-order valence-corrected chi connectivity index (χ3v) is 14.0. The van der Waals surface area contributed by atoms with Crippen LogP contribution in [0.15, 0.2) is 60.8 Å². The van der Waals surface area contributed by atoms with Gasteiger partial charge in [0, 0.05) is 19.3 Å². The number of allylic oxidation sites excluding steroid dienone is 10. The molecule has 0 radical (unpaired) electrons. The topological polar surface area (TPSA) is 78.9 Å². The summed E-state index contributed by atoms with van der Waals surface area (Å²) in [6, 6.07) is 0. The number of hydrogen-bond donors (Lipinski definition) is 0. The number of carbonyl (C=O) groups is 3. The van der Waals surface area contributed by atoms with Crippen LogP contribution in [0.3, 0.4) is 0 Å². The van der Waals surface area contributed by atoms with Crippen LogP contribution >= 0.6 is 0 Å². The Kier molecular flexibility index (Phi) is 59.2. The van der Waals surface area contributed by atoms with Crippen LogP contribution in [-0.2, 0) is 28.6 Å². The molecule has 0 aliphatic carbocycles. The van der Waals surface area contributed by atoms with E-state index in [2.05, 4.69) is 81.5 Å². The van der Waals surface area contributed by atoms with E-state index in [1.807, 2.05) is 0 Å². The van der Waals surface area contributed by atoms with Crippen molar-refractivity contribution in [2.24, 2.45) is 0 Å². The standard InChI is InChI=1S/C67H120O6/c1-4-7-10-13-16-19-22-25-28-30-32-33-35-36-39-42-45-48-51-54-57-60-66(69)72-63-64(62-71-65(68)59-56-53-50-47-44-41-38-27-24-21-18-15-12-9-6-3)73-67(70)61-58-55-52-49-46-43-40-37-34-31-29-26-23-20-17-14-11-8-5-2/h17,20-21,24,26,29,34,37,43,46,64H,4-16,18-19,22-23,25,27-28,30-33,35-36,38-42,44-45,47-63H2,1-3H3/b20-17-,24-21-,29-26-,37-34-,46-43-/t64-/m1/s1. The monoisotopic (exact) mass is 1020 g/mol. The highest BCUT2D eigenvalue weighted by Crippen LogP contribution is 2.17. The van der Waals surface area contributed by atoms with Crippen LogP contribution in [0.1, 0.15) is 329 Å². The lowest BCUT2D eigenvalue weighted by Gasteiger charge is -2.18. The lowest BCUT2D eigenvalue weighted by molar-refractivity contribution is -0.167. The number of hydrogen-bond acceptors (Lipinski definition) is 6. The average Bonchev–Trinajstić information content (AvgIpc) is 3.39. The first-order valence-electron chi connectivity index (χ1n) is 31.8. The molecule has 6 heteroatoms. The summed E-state index contributed by atoms with van der Waals surface area (Å²) >= 11 is 0. The fourth-order valence-electron chi connectivity index (χ4n) is 9.19. The minimum Gasteiger partial charge on any atom is -0.462 e. The van der Waals surface area contributed by atoms with E-state index < -0.39 is 6.10 Å². The van der Waals surface area contributed by atoms with E-state index in [9.17, 15) is 14.4 Å². The molecule has 6 nitrogen and oxygen atoms in total. The van der Waals surface area contributed by atoms with Gasteiger partial charge in [0.2, 0.25) is 0 Å². The zero-order chi connectivity index (χ0) is 52.9. The smallest absolute Gasteiger partial charge is 0.306 e. The van der Waals surface area contributed by atoms with Gasteiger partial charge in [-0.3, -0.25) is 14.4 Å². The van der Waals surface area contributed by atoms with Crippen molar-refractivity contribution in [3.8, 4) is 0 Å². The number of esters is 3. The molecule has 0 saturated heterocycles. The predicted molar refractivity (Wildman–Crippen MR) is 316 cm³/mol. The first-order chi connectivity index (χ1) is 36.0. The van der Waals surface area contributed by atoms with Crippen molar-refractivity contribution in [1.82, 2.24) is 0 Å². The maximum atomic E-state index is 12.9. The Hall–Kier alpha value is -2.89. The van der Waals surface area contributed by atoms with Crippen LogP contribution in [0.4, 0.5) is 0 Å². The summed E-state index contributed by atoms with van der Waals surface area (Å²) in [4.78, 5) is 38.3. The van der Waals surface area contributed by atoms with Crippen molar-refractivity contribution in [1.29, 1.82) is 0 Å². The molecular formula is C67H120O6. The molecule has 0 aromatic heterocycles. The second kappa shape index (κ2) is 61.7. The largest absolute Gasteiger partial charge is 0.462 e. The Morgan fingerprint density at radius 2 is 0.493 bits per heavy atom. The summed E-state index contributed by atoms with van der Waals surface area (Å²) in [6.07, 6.45) is 77.9. The number of carbonyl (C=O) groups excluding carboxylic acids is 3. The van der Waals surface area contributed by atoms with Gasteiger partial charge in [0.25, 0.3) is 0 Å². The Bertz CT molecular complexity index is 1310. The SMILES string of the molecule is CCCCC/C=C\C/C=C\C/C=C\C/C=C\CCCCCC(=O)O[C@H](COC(=O)CCCCCCCCC/C=C\CCCCCC)COC(=O)CCCCCCCCCCCCCCCCCCCCCCC. The van der Waals surface area contributed by atoms with Crippen LogP contribution in [-0.4, -0.2) is 37.2 Å². The summed E-state index contributed by atoms with van der Waals surface area (Å²) in [5.74, 6) is -0.904. The molecule has 0 aromatic rings. The molecular weight excluding hydrogens is 901 g/mol. The number of ether oxygens (including phenoxy) is 3. The number of unbranched alkanes of at least 4 members (excludes halogenated alkanes) is 37. The molecule has 0 aromatic carbocycles. The fourth-order valence-corrected chi connectivity index (χ4v) is 9.19. The van der Waals surface area contributed by atoms with Gasteiger partial charge in [0.15, 0.2) is 6.10 Å². The van der Waals surface area contributed by atoms with Crippen molar-refractivity contribution in [3.63, 3.8) is 0 Å².